The van der Waals surface area contributed by atoms with Gasteiger partial charge < -0.3 is 4.42 Å². The molecule has 0 radical (unpaired) electrons. The van der Waals surface area contributed by atoms with Gasteiger partial charge in [-0.1, -0.05) is 6.92 Å². The highest BCUT2D eigenvalue weighted by molar-refractivity contribution is 5.27. The van der Waals surface area contributed by atoms with E-state index in [-0.39, 0.29) is 0 Å². The van der Waals surface area contributed by atoms with Crippen LogP contribution >= 0.6 is 0 Å². The second-order valence-corrected chi connectivity index (χ2v) is 3.53. The Morgan fingerprint density at radius 2 is 2.36 bits per heavy atom. The van der Waals surface area contributed by atoms with E-state index in [1.54, 1.807) is 0 Å². The molecule has 0 bridgehead atoms. The molecule has 1 aliphatic carbocycles. The van der Waals surface area contributed by atoms with Crippen molar-refractivity contribution in [3.63, 3.8) is 0 Å². The molecule has 60 valence electrons. The average molecular weight is 150 g/mol. The summed E-state index contributed by atoms with van der Waals surface area (Å²) in [5.74, 6) is 3.03. The van der Waals surface area contributed by atoms with E-state index in [0.717, 1.165) is 18.1 Å². The SMILES string of the molecule is Cc1cc2c(o1)CCCC2C. The van der Waals surface area contributed by atoms with Crippen LogP contribution in [0.15, 0.2) is 10.5 Å². The summed E-state index contributed by atoms with van der Waals surface area (Å²) in [4.78, 5) is 0. The zero-order valence-electron chi connectivity index (χ0n) is 7.18. The van der Waals surface area contributed by atoms with Crippen LogP contribution in [0.4, 0.5) is 0 Å². The highest BCUT2D eigenvalue weighted by atomic mass is 16.3. The number of fused-ring (bicyclic) bond motifs is 1. The molecule has 1 aromatic heterocycles. The first-order chi connectivity index (χ1) is 5.27. The van der Waals surface area contributed by atoms with Crippen molar-refractivity contribution in [2.45, 2.75) is 39.0 Å². The highest BCUT2D eigenvalue weighted by Crippen LogP contribution is 2.32. The number of hydrogen-bond donors (Lipinski definition) is 0. The number of furan rings is 1. The predicted octanol–water partition coefficient (Wildman–Crippen LogP) is 3.03. The minimum Gasteiger partial charge on any atom is -0.466 e. The molecule has 0 fully saturated rings. The third kappa shape index (κ3) is 1.09. The van der Waals surface area contributed by atoms with Gasteiger partial charge in [0, 0.05) is 6.42 Å². The molecule has 1 atom stereocenters. The van der Waals surface area contributed by atoms with Crippen LogP contribution in [-0.4, -0.2) is 0 Å². The van der Waals surface area contributed by atoms with Gasteiger partial charge in [-0.05, 0) is 37.3 Å². The minimum atomic E-state index is 0.719. The van der Waals surface area contributed by atoms with Crippen molar-refractivity contribution in [3.8, 4) is 0 Å². The molecular formula is C10H14O. The van der Waals surface area contributed by atoms with Crippen LogP contribution < -0.4 is 0 Å². The summed E-state index contributed by atoms with van der Waals surface area (Å²) in [6.45, 7) is 4.32. The van der Waals surface area contributed by atoms with Gasteiger partial charge in [-0.25, -0.2) is 0 Å². The van der Waals surface area contributed by atoms with Gasteiger partial charge in [-0.3, -0.25) is 0 Å². The van der Waals surface area contributed by atoms with Crippen LogP contribution in [0.2, 0.25) is 0 Å². The van der Waals surface area contributed by atoms with Crippen LogP contribution in [0, 0.1) is 6.92 Å². The van der Waals surface area contributed by atoms with Crippen molar-refractivity contribution >= 4 is 0 Å². The van der Waals surface area contributed by atoms with Crippen molar-refractivity contribution in [1.82, 2.24) is 0 Å². The topological polar surface area (TPSA) is 13.1 Å². The maximum Gasteiger partial charge on any atom is 0.107 e. The maximum atomic E-state index is 5.58. The lowest BCUT2D eigenvalue weighted by molar-refractivity contribution is 0.443. The van der Waals surface area contributed by atoms with Gasteiger partial charge in [-0.2, -0.15) is 0 Å². The molecule has 0 amide bonds. The minimum absolute atomic E-state index is 0.719. The van der Waals surface area contributed by atoms with Crippen LogP contribution in [0.1, 0.15) is 42.8 Å². The van der Waals surface area contributed by atoms with Crippen molar-refractivity contribution in [3.05, 3.63) is 23.2 Å². The van der Waals surface area contributed by atoms with Gasteiger partial charge >= 0.3 is 0 Å². The molecule has 1 aliphatic rings. The first-order valence-electron chi connectivity index (χ1n) is 4.36. The van der Waals surface area contributed by atoms with Crippen molar-refractivity contribution in [1.29, 1.82) is 0 Å². The Balaban J connectivity index is 2.43. The van der Waals surface area contributed by atoms with Crippen LogP contribution in [0.5, 0.6) is 0 Å². The second kappa shape index (κ2) is 2.40. The van der Waals surface area contributed by atoms with Crippen molar-refractivity contribution in [2.75, 3.05) is 0 Å². The molecule has 1 heterocycles. The van der Waals surface area contributed by atoms with E-state index in [9.17, 15) is 0 Å². The van der Waals surface area contributed by atoms with Crippen molar-refractivity contribution in [2.24, 2.45) is 0 Å². The first-order valence-corrected chi connectivity index (χ1v) is 4.36. The largest absolute Gasteiger partial charge is 0.466 e. The Hall–Kier alpha value is -0.720. The predicted molar refractivity (Wildman–Crippen MR) is 44.8 cm³/mol. The van der Waals surface area contributed by atoms with E-state index in [2.05, 4.69) is 13.0 Å². The van der Waals surface area contributed by atoms with Gasteiger partial charge in [0.25, 0.3) is 0 Å². The quantitative estimate of drug-likeness (QED) is 0.554. The van der Waals surface area contributed by atoms with E-state index in [1.807, 2.05) is 6.92 Å². The lowest BCUT2D eigenvalue weighted by Gasteiger charge is -2.16. The van der Waals surface area contributed by atoms with Gasteiger partial charge in [0.2, 0.25) is 0 Å². The molecule has 0 spiro atoms. The van der Waals surface area contributed by atoms with Gasteiger partial charge in [0.15, 0.2) is 0 Å². The second-order valence-electron chi connectivity index (χ2n) is 3.53. The van der Waals surface area contributed by atoms with Crippen molar-refractivity contribution < 1.29 is 4.42 Å². The van der Waals surface area contributed by atoms with Crippen LogP contribution in [-0.2, 0) is 6.42 Å². The fraction of sp³-hybridized carbons (Fsp3) is 0.600. The molecule has 1 nitrogen and oxygen atoms in total. The monoisotopic (exact) mass is 150 g/mol. The molecule has 2 rings (SSSR count). The fourth-order valence-electron chi connectivity index (χ4n) is 1.92. The normalized spacial score (nSPS) is 23.3. The zero-order chi connectivity index (χ0) is 7.84. The van der Waals surface area contributed by atoms with E-state index in [1.165, 1.54) is 24.2 Å². The Morgan fingerprint density at radius 3 is 3.09 bits per heavy atom. The summed E-state index contributed by atoms with van der Waals surface area (Å²) in [6.07, 6.45) is 3.76. The van der Waals surface area contributed by atoms with Gasteiger partial charge in [0.1, 0.15) is 11.5 Å². The molecule has 1 unspecified atom stereocenters. The summed E-state index contributed by atoms with van der Waals surface area (Å²) in [5.41, 5.74) is 1.45. The Kier molecular flexibility index (Phi) is 1.52. The van der Waals surface area contributed by atoms with Gasteiger partial charge in [0.05, 0.1) is 0 Å². The lowest BCUT2D eigenvalue weighted by Crippen LogP contribution is -2.03. The Bertz CT molecular complexity index is 260. The summed E-state index contributed by atoms with van der Waals surface area (Å²) < 4.78 is 5.58. The van der Waals surface area contributed by atoms with E-state index in [4.69, 9.17) is 4.42 Å². The first kappa shape index (κ1) is 6.96. The molecular weight excluding hydrogens is 136 g/mol. The number of rotatable bonds is 0. The molecule has 1 aromatic rings. The number of aryl methyl sites for hydroxylation is 2. The van der Waals surface area contributed by atoms with Gasteiger partial charge in [-0.15, -0.1) is 0 Å². The lowest BCUT2D eigenvalue weighted by atomic mass is 9.89. The summed E-state index contributed by atoms with van der Waals surface area (Å²) in [7, 11) is 0. The molecule has 1 heteroatoms. The Morgan fingerprint density at radius 1 is 1.55 bits per heavy atom. The molecule has 0 saturated carbocycles. The van der Waals surface area contributed by atoms with Crippen LogP contribution in [0.25, 0.3) is 0 Å². The van der Waals surface area contributed by atoms with E-state index < -0.39 is 0 Å². The summed E-state index contributed by atoms with van der Waals surface area (Å²) >= 11 is 0. The third-order valence-electron chi connectivity index (χ3n) is 2.54. The van der Waals surface area contributed by atoms with E-state index >= 15 is 0 Å². The molecule has 0 saturated heterocycles. The summed E-state index contributed by atoms with van der Waals surface area (Å²) in [6, 6.07) is 2.19. The molecule has 0 N–H and O–H groups in total. The average Bonchev–Trinajstić information content (AvgIpc) is 2.31. The highest BCUT2D eigenvalue weighted by Gasteiger charge is 2.19. The maximum absolute atomic E-state index is 5.58. The zero-order valence-corrected chi connectivity index (χ0v) is 7.18. The Labute approximate surface area is 67.4 Å². The van der Waals surface area contributed by atoms with Crippen LogP contribution in [0.3, 0.4) is 0 Å². The molecule has 0 aliphatic heterocycles. The third-order valence-corrected chi connectivity index (χ3v) is 2.54. The molecule has 11 heavy (non-hydrogen) atoms. The smallest absolute Gasteiger partial charge is 0.107 e. The molecule has 0 aromatic carbocycles. The number of hydrogen-bond acceptors (Lipinski definition) is 1. The fourth-order valence-corrected chi connectivity index (χ4v) is 1.92. The van der Waals surface area contributed by atoms with E-state index in [0.29, 0.717) is 0 Å². The summed E-state index contributed by atoms with van der Waals surface area (Å²) in [5, 5.41) is 0. The standard InChI is InChI=1S/C10H14O/c1-7-4-3-5-10-9(7)6-8(2)11-10/h6-7H,3-5H2,1-2H3.